The Hall–Kier alpha value is -2.80. The number of hydrogen-bond donors (Lipinski definition) is 0. The molecule has 0 amide bonds. The average molecular weight is 313 g/mol. The lowest BCUT2D eigenvalue weighted by Gasteiger charge is -2.07. The molecular weight excluding hydrogens is 302 g/mol. The first-order chi connectivity index (χ1) is 10.6. The number of fused-ring (bicyclic) bond motifs is 1. The second-order valence-corrected chi connectivity index (χ2v) is 5.58. The summed E-state index contributed by atoms with van der Waals surface area (Å²) in [5, 5.41) is 11.6. The van der Waals surface area contributed by atoms with E-state index in [1.807, 2.05) is 30.3 Å². The van der Waals surface area contributed by atoms with Crippen LogP contribution in [0.2, 0.25) is 0 Å². The molecule has 0 radical (unpaired) electrons. The SMILES string of the molecule is C=CCn1c(=O)nc(-c2ccccc2)c2cc([N+](=O)[O-])sc21. The van der Waals surface area contributed by atoms with Gasteiger partial charge in [-0.3, -0.25) is 14.7 Å². The maximum Gasteiger partial charge on any atom is 0.349 e. The van der Waals surface area contributed by atoms with Gasteiger partial charge in [-0.2, -0.15) is 4.98 Å². The van der Waals surface area contributed by atoms with Crippen molar-refractivity contribution >= 4 is 26.6 Å². The second-order valence-electron chi connectivity index (χ2n) is 4.57. The van der Waals surface area contributed by atoms with Gasteiger partial charge in [-0.05, 0) is 11.3 Å². The van der Waals surface area contributed by atoms with E-state index in [1.54, 1.807) is 6.08 Å². The molecular formula is C15H11N3O3S. The van der Waals surface area contributed by atoms with Crippen LogP contribution in [-0.2, 0) is 6.54 Å². The predicted molar refractivity (Wildman–Crippen MR) is 86.2 cm³/mol. The van der Waals surface area contributed by atoms with Crippen LogP contribution in [-0.4, -0.2) is 14.5 Å². The molecule has 3 aromatic rings. The summed E-state index contributed by atoms with van der Waals surface area (Å²) >= 11 is 0.971. The van der Waals surface area contributed by atoms with Gasteiger partial charge in [0.2, 0.25) is 0 Å². The van der Waals surface area contributed by atoms with Gasteiger partial charge in [-0.15, -0.1) is 6.58 Å². The largest absolute Gasteiger partial charge is 0.349 e. The van der Waals surface area contributed by atoms with Gasteiger partial charge >= 0.3 is 10.7 Å². The van der Waals surface area contributed by atoms with Gasteiger partial charge in [-0.1, -0.05) is 36.4 Å². The van der Waals surface area contributed by atoms with Gasteiger partial charge in [0.15, 0.2) is 0 Å². The number of thiophene rings is 1. The molecule has 0 unspecified atom stereocenters. The lowest BCUT2D eigenvalue weighted by molar-refractivity contribution is -0.380. The highest BCUT2D eigenvalue weighted by Crippen LogP contribution is 2.35. The van der Waals surface area contributed by atoms with Crippen LogP contribution < -0.4 is 5.69 Å². The standard InChI is InChI=1S/C15H11N3O3S/c1-2-8-17-14-11(9-12(22-14)18(20)21)13(16-15(17)19)10-6-4-3-5-7-10/h2-7,9H,1,8H2. The topological polar surface area (TPSA) is 78.0 Å². The van der Waals surface area contributed by atoms with Crippen LogP contribution in [0.25, 0.3) is 21.5 Å². The summed E-state index contributed by atoms with van der Waals surface area (Å²) in [4.78, 5) is 27.5. The zero-order valence-electron chi connectivity index (χ0n) is 11.4. The van der Waals surface area contributed by atoms with E-state index in [9.17, 15) is 14.9 Å². The van der Waals surface area contributed by atoms with Crippen molar-refractivity contribution in [1.29, 1.82) is 0 Å². The molecule has 110 valence electrons. The number of benzene rings is 1. The molecule has 0 spiro atoms. The third-order valence-electron chi connectivity index (χ3n) is 3.18. The van der Waals surface area contributed by atoms with E-state index in [0.29, 0.717) is 15.9 Å². The third kappa shape index (κ3) is 2.31. The Kier molecular flexibility index (Phi) is 3.56. The molecule has 0 aliphatic heterocycles. The maximum atomic E-state index is 12.2. The van der Waals surface area contributed by atoms with Gasteiger partial charge in [0.1, 0.15) is 4.83 Å². The normalized spacial score (nSPS) is 10.7. The van der Waals surface area contributed by atoms with E-state index < -0.39 is 10.6 Å². The van der Waals surface area contributed by atoms with Gasteiger partial charge in [-0.25, -0.2) is 4.79 Å². The fourth-order valence-electron chi connectivity index (χ4n) is 2.24. The molecule has 3 rings (SSSR count). The predicted octanol–water partition coefficient (Wildman–Crippen LogP) is 3.22. The van der Waals surface area contributed by atoms with Crippen molar-refractivity contribution < 1.29 is 4.92 Å². The first kappa shape index (κ1) is 14.2. The molecule has 22 heavy (non-hydrogen) atoms. The number of aromatic nitrogens is 2. The number of nitrogens with zero attached hydrogens (tertiary/aromatic N) is 3. The minimum absolute atomic E-state index is 0.0163. The zero-order chi connectivity index (χ0) is 15.7. The van der Waals surface area contributed by atoms with Gasteiger partial charge in [0.05, 0.1) is 10.6 Å². The molecule has 1 aromatic carbocycles. The summed E-state index contributed by atoms with van der Waals surface area (Å²) in [6.45, 7) is 3.87. The molecule has 2 aromatic heterocycles. The number of hydrogen-bond acceptors (Lipinski definition) is 5. The summed E-state index contributed by atoms with van der Waals surface area (Å²) in [6, 6.07) is 10.6. The summed E-state index contributed by atoms with van der Waals surface area (Å²) < 4.78 is 1.40. The van der Waals surface area contributed by atoms with E-state index in [4.69, 9.17) is 0 Å². The van der Waals surface area contributed by atoms with Crippen LogP contribution in [0.3, 0.4) is 0 Å². The van der Waals surface area contributed by atoms with E-state index in [-0.39, 0.29) is 11.5 Å². The molecule has 0 bridgehead atoms. The molecule has 0 aliphatic carbocycles. The van der Waals surface area contributed by atoms with Crippen LogP contribution in [0.5, 0.6) is 0 Å². The number of nitro groups is 1. The fourth-order valence-corrected chi connectivity index (χ4v) is 3.22. The quantitative estimate of drug-likeness (QED) is 0.421. The highest BCUT2D eigenvalue weighted by atomic mass is 32.1. The molecule has 0 saturated heterocycles. The smallest absolute Gasteiger partial charge is 0.279 e. The van der Waals surface area contributed by atoms with Crippen LogP contribution in [0, 0.1) is 10.1 Å². The second kappa shape index (κ2) is 5.53. The van der Waals surface area contributed by atoms with Gasteiger partial charge in [0, 0.05) is 23.6 Å². The lowest BCUT2D eigenvalue weighted by Crippen LogP contribution is -2.22. The monoisotopic (exact) mass is 313 g/mol. The number of allylic oxidation sites excluding steroid dienone is 1. The van der Waals surface area contributed by atoms with Crippen molar-refractivity contribution in [2.75, 3.05) is 0 Å². The van der Waals surface area contributed by atoms with E-state index >= 15 is 0 Å². The average Bonchev–Trinajstić information content (AvgIpc) is 2.96. The Morgan fingerprint density at radius 2 is 2.09 bits per heavy atom. The summed E-state index contributed by atoms with van der Waals surface area (Å²) in [5.41, 5.74) is 0.774. The molecule has 0 atom stereocenters. The van der Waals surface area contributed by atoms with Crippen molar-refractivity contribution in [1.82, 2.24) is 9.55 Å². The lowest BCUT2D eigenvalue weighted by atomic mass is 10.1. The number of rotatable bonds is 4. The Balaban J connectivity index is 2.39. The summed E-state index contributed by atoms with van der Waals surface area (Å²) in [7, 11) is 0. The van der Waals surface area contributed by atoms with Gasteiger partial charge < -0.3 is 0 Å². The first-order valence-corrected chi connectivity index (χ1v) is 7.28. The van der Waals surface area contributed by atoms with Crippen molar-refractivity contribution in [3.63, 3.8) is 0 Å². The Bertz CT molecular complexity index is 928. The highest BCUT2D eigenvalue weighted by molar-refractivity contribution is 7.21. The van der Waals surface area contributed by atoms with E-state index in [2.05, 4.69) is 11.6 Å². The maximum absolute atomic E-state index is 12.2. The molecule has 0 saturated carbocycles. The van der Waals surface area contributed by atoms with Crippen LogP contribution in [0.15, 0.2) is 53.8 Å². The van der Waals surface area contributed by atoms with Crippen molar-refractivity contribution in [2.24, 2.45) is 0 Å². The Labute approximate surface area is 129 Å². The van der Waals surface area contributed by atoms with Crippen LogP contribution >= 0.6 is 11.3 Å². The molecule has 7 heteroatoms. The zero-order valence-corrected chi connectivity index (χ0v) is 12.2. The van der Waals surface area contributed by atoms with E-state index in [1.165, 1.54) is 10.6 Å². The fraction of sp³-hybridized carbons (Fsp3) is 0.0667. The van der Waals surface area contributed by atoms with Gasteiger partial charge in [0.25, 0.3) is 0 Å². The minimum atomic E-state index is -0.456. The van der Waals surface area contributed by atoms with Crippen molar-refractivity contribution in [3.8, 4) is 11.3 Å². The van der Waals surface area contributed by atoms with Crippen molar-refractivity contribution in [3.05, 3.63) is 69.7 Å². The highest BCUT2D eigenvalue weighted by Gasteiger charge is 2.19. The summed E-state index contributed by atoms with van der Waals surface area (Å²) in [6.07, 6.45) is 1.57. The molecule has 0 fully saturated rings. The third-order valence-corrected chi connectivity index (χ3v) is 4.29. The van der Waals surface area contributed by atoms with Crippen LogP contribution in [0.1, 0.15) is 0 Å². The van der Waals surface area contributed by atoms with E-state index in [0.717, 1.165) is 16.9 Å². The Morgan fingerprint density at radius 3 is 2.73 bits per heavy atom. The molecule has 0 aliphatic rings. The molecule has 6 nitrogen and oxygen atoms in total. The Morgan fingerprint density at radius 1 is 1.36 bits per heavy atom. The first-order valence-electron chi connectivity index (χ1n) is 6.47. The molecule has 0 N–H and O–H groups in total. The van der Waals surface area contributed by atoms with Crippen LogP contribution in [0.4, 0.5) is 5.00 Å². The molecule has 2 heterocycles. The minimum Gasteiger partial charge on any atom is -0.279 e. The van der Waals surface area contributed by atoms with Crippen molar-refractivity contribution in [2.45, 2.75) is 6.54 Å². The summed E-state index contributed by atoms with van der Waals surface area (Å²) in [5.74, 6) is 0.